The topological polar surface area (TPSA) is 80.3 Å². The molecule has 0 fully saturated rings. The van der Waals surface area contributed by atoms with Gasteiger partial charge in [0.25, 0.3) is 5.91 Å². The van der Waals surface area contributed by atoms with Gasteiger partial charge in [0.2, 0.25) is 5.91 Å². The Morgan fingerprint density at radius 2 is 1.74 bits per heavy atom. The average molecular weight is 492 g/mol. The monoisotopic (exact) mass is 491 g/mol. The lowest BCUT2D eigenvalue weighted by Crippen LogP contribution is -2.15. The van der Waals surface area contributed by atoms with E-state index in [4.69, 9.17) is 4.74 Å². The number of fused-ring (bicyclic) bond motifs is 1. The molecule has 0 radical (unpaired) electrons. The number of thiazole rings is 1. The number of carbonyl (C=O) groups is 2. The van der Waals surface area contributed by atoms with Crippen molar-refractivity contribution < 1.29 is 14.3 Å². The van der Waals surface area contributed by atoms with Gasteiger partial charge in [-0.25, -0.2) is 4.98 Å². The highest BCUT2D eigenvalue weighted by Gasteiger charge is 2.14. The van der Waals surface area contributed by atoms with Gasteiger partial charge in [-0.05, 0) is 62.2 Å². The third kappa shape index (κ3) is 5.40. The molecule has 0 saturated heterocycles. The smallest absolute Gasteiger partial charge is 0.259 e. The van der Waals surface area contributed by atoms with Crippen LogP contribution in [0.3, 0.4) is 0 Å². The van der Waals surface area contributed by atoms with Gasteiger partial charge in [-0.3, -0.25) is 9.59 Å². The highest BCUT2D eigenvalue weighted by Crippen LogP contribution is 2.32. The van der Waals surface area contributed by atoms with Crippen molar-refractivity contribution in [2.24, 2.45) is 0 Å². The Bertz CT molecular complexity index is 1360. The molecule has 3 aromatic carbocycles. The van der Waals surface area contributed by atoms with Gasteiger partial charge in [0.05, 0.1) is 28.6 Å². The molecule has 4 aromatic rings. The molecule has 0 saturated carbocycles. The number of aryl methyl sites for hydroxylation is 3. The largest absolute Gasteiger partial charge is 0.496 e. The molecule has 0 aliphatic rings. The first-order valence-corrected chi connectivity index (χ1v) is 12.5. The van der Waals surface area contributed by atoms with Crippen LogP contribution in [0.2, 0.25) is 0 Å². The van der Waals surface area contributed by atoms with E-state index < -0.39 is 0 Å². The number of hydrogen-bond acceptors (Lipinski definition) is 6. The van der Waals surface area contributed by atoms with E-state index in [0.717, 1.165) is 31.4 Å². The second-order valence-corrected chi connectivity index (χ2v) is 10.2. The number of ether oxygens (including phenoxy) is 1. The average Bonchev–Trinajstić information content (AvgIpc) is 3.22. The van der Waals surface area contributed by atoms with Crippen LogP contribution in [0.1, 0.15) is 27.0 Å². The van der Waals surface area contributed by atoms with Gasteiger partial charge in [-0.15, -0.1) is 11.3 Å². The van der Waals surface area contributed by atoms with Gasteiger partial charge in [-0.2, -0.15) is 0 Å². The SMILES string of the molecule is COc1ccccc1C(=O)Nc1ccc2nc(SCC(=O)Nc3c(C)cc(C)cc3C)sc2c1. The summed E-state index contributed by atoms with van der Waals surface area (Å²) < 4.78 is 7.01. The quantitative estimate of drug-likeness (QED) is 0.300. The molecule has 1 heterocycles. The van der Waals surface area contributed by atoms with E-state index in [0.29, 0.717) is 17.0 Å². The summed E-state index contributed by atoms with van der Waals surface area (Å²) in [7, 11) is 1.54. The van der Waals surface area contributed by atoms with E-state index in [2.05, 4.69) is 27.8 Å². The highest BCUT2D eigenvalue weighted by molar-refractivity contribution is 8.01. The Morgan fingerprint density at radius 1 is 1.00 bits per heavy atom. The minimum absolute atomic E-state index is 0.0657. The summed E-state index contributed by atoms with van der Waals surface area (Å²) in [5.74, 6) is 0.481. The van der Waals surface area contributed by atoms with E-state index in [-0.39, 0.29) is 17.6 Å². The molecule has 174 valence electrons. The maximum absolute atomic E-state index is 12.7. The van der Waals surface area contributed by atoms with Gasteiger partial charge in [-0.1, -0.05) is 41.6 Å². The number of carbonyl (C=O) groups excluding carboxylic acids is 2. The van der Waals surface area contributed by atoms with Crippen molar-refractivity contribution >= 4 is 56.5 Å². The fourth-order valence-electron chi connectivity index (χ4n) is 3.75. The Labute approximate surface area is 206 Å². The molecule has 0 bridgehead atoms. The zero-order chi connectivity index (χ0) is 24.2. The second-order valence-electron chi connectivity index (χ2n) is 7.93. The van der Waals surface area contributed by atoms with E-state index in [9.17, 15) is 9.59 Å². The van der Waals surface area contributed by atoms with Gasteiger partial charge >= 0.3 is 0 Å². The summed E-state index contributed by atoms with van der Waals surface area (Å²) in [6.07, 6.45) is 0. The van der Waals surface area contributed by atoms with E-state index in [1.54, 1.807) is 18.2 Å². The van der Waals surface area contributed by atoms with Crippen LogP contribution in [0.15, 0.2) is 58.9 Å². The summed E-state index contributed by atoms with van der Waals surface area (Å²) in [5.41, 5.74) is 6.12. The van der Waals surface area contributed by atoms with E-state index >= 15 is 0 Å². The standard InChI is InChI=1S/C26H25N3O3S2/c1-15-11-16(2)24(17(3)12-15)29-23(30)14-33-26-28-20-10-9-18(13-22(20)34-26)27-25(31)19-7-5-6-8-21(19)32-4/h5-13H,14H2,1-4H3,(H,27,31)(H,29,30). The van der Waals surface area contributed by atoms with Gasteiger partial charge in [0.1, 0.15) is 5.75 Å². The number of thioether (sulfide) groups is 1. The van der Waals surface area contributed by atoms with Gasteiger partial charge in [0, 0.05) is 11.4 Å². The summed E-state index contributed by atoms with van der Waals surface area (Å²) in [5, 5.41) is 5.94. The van der Waals surface area contributed by atoms with Crippen LogP contribution in [-0.4, -0.2) is 29.7 Å². The zero-order valence-electron chi connectivity index (χ0n) is 19.4. The molecule has 0 aliphatic carbocycles. The first-order chi connectivity index (χ1) is 16.3. The molecule has 0 spiro atoms. The third-order valence-corrected chi connectivity index (χ3v) is 7.41. The van der Waals surface area contributed by atoms with Crippen molar-refractivity contribution in [1.82, 2.24) is 4.98 Å². The number of anilines is 2. The molecule has 0 atom stereocenters. The number of rotatable bonds is 7. The summed E-state index contributed by atoms with van der Waals surface area (Å²) >= 11 is 2.90. The fourth-order valence-corrected chi connectivity index (χ4v) is 5.66. The maximum Gasteiger partial charge on any atom is 0.259 e. The molecule has 4 rings (SSSR count). The molecule has 0 aliphatic heterocycles. The number of methoxy groups -OCH3 is 1. The van der Waals surface area contributed by atoms with Crippen LogP contribution >= 0.6 is 23.1 Å². The molecular formula is C26H25N3O3S2. The Kier molecular flexibility index (Phi) is 7.19. The first kappa shape index (κ1) is 23.8. The van der Waals surface area contributed by atoms with Crippen molar-refractivity contribution in [1.29, 1.82) is 0 Å². The minimum Gasteiger partial charge on any atom is -0.496 e. The van der Waals surface area contributed by atoms with Gasteiger partial charge in [0.15, 0.2) is 4.34 Å². The molecule has 0 unspecified atom stereocenters. The lowest BCUT2D eigenvalue weighted by atomic mass is 10.1. The molecule has 8 heteroatoms. The Balaban J connectivity index is 1.41. The van der Waals surface area contributed by atoms with E-state index in [1.807, 2.05) is 45.0 Å². The summed E-state index contributed by atoms with van der Waals surface area (Å²) in [6.45, 7) is 6.05. The Hall–Kier alpha value is -3.36. The van der Waals surface area contributed by atoms with Crippen molar-refractivity contribution in [3.63, 3.8) is 0 Å². The number of nitrogens with zero attached hydrogens (tertiary/aromatic N) is 1. The lowest BCUT2D eigenvalue weighted by Gasteiger charge is -2.12. The molecule has 6 nitrogen and oxygen atoms in total. The van der Waals surface area contributed by atoms with Gasteiger partial charge < -0.3 is 15.4 Å². The predicted octanol–water partition coefficient (Wildman–Crippen LogP) is 6.21. The summed E-state index contributed by atoms with van der Waals surface area (Å²) in [4.78, 5) is 29.8. The number of hydrogen-bond donors (Lipinski definition) is 2. The van der Waals surface area contributed by atoms with Crippen molar-refractivity contribution in [3.8, 4) is 5.75 Å². The predicted molar refractivity (Wildman–Crippen MR) is 141 cm³/mol. The number of para-hydroxylation sites is 1. The van der Waals surface area contributed by atoms with Crippen LogP contribution in [0, 0.1) is 20.8 Å². The zero-order valence-corrected chi connectivity index (χ0v) is 21.0. The minimum atomic E-state index is -0.241. The number of benzene rings is 3. The highest BCUT2D eigenvalue weighted by atomic mass is 32.2. The number of amides is 2. The normalized spacial score (nSPS) is 10.8. The maximum atomic E-state index is 12.7. The lowest BCUT2D eigenvalue weighted by molar-refractivity contribution is -0.113. The molecule has 1 aromatic heterocycles. The molecular weight excluding hydrogens is 466 g/mol. The first-order valence-electron chi connectivity index (χ1n) is 10.7. The second kappa shape index (κ2) is 10.3. The van der Waals surface area contributed by atoms with Crippen molar-refractivity contribution in [2.45, 2.75) is 25.1 Å². The third-order valence-electron chi connectivity index (χ3n) is 5.25. The fraction of sp³-hybridized carbons (Fsp3) is 0.192. The van der Waals surface area contributed by atoms with Crippen LogP contribution in [0.25, 0.3) is 10.2 Å². The van der Waals surface area contributed by atoms with Crippen molar-refractivity contribution in [3.05, 3.63) is 76.9 Å². The van der Waals surface area contributed by atoms with Crippen LogP contribution < -0.4 is 15.4 Å². The van der Waals surface area contributed by atoms with E-state index in [1.165, 1.54) is 35.8 Å². The van der Waals surface area contributed by atoms with Crippen LogP contribution in [0.4, 0.5) is 11.4 Å². The molecule has 2 N–H and O–H groups in total. The number of aromatic nitrogens is 1. The van der Waals surface area contributed by atoms with Crippen LogP contribution in [-0.2, 0) is 4.79 Å². The molecule has 2 amide bonds. The Morgan fingerprint density at radius 3 is 2.47 bits per heavy atom. The van der Waals surface area contributed by atoms with Crippen LogP contribution in [0.5, 0.6) is 5.75 Å². The number of nitrogens with one attached hydrogen (secondary N) is 2. The molecule has 34 heavy (non-hydrogen) atoms. The summed E-state index contributed by atoms with van der Waals surface area (Å²) in [6, 6.07) is 16.8. The van der Waals surface area contributed by atoms with Crippen molar-refractivity contribution in [2.75, 3.05) is 23.5 Å².